The fourth-order valence-electron chi connectivity index (χ4n) is 2.32. The average molecular weight is 332 g/mol. The molecule has 0 radical (unpaired) electrons. The van der Waals surface area contributed by atoms with E-state index in [1.54, 1.807) is 17.4 Å². The number of aryl methyl sites for hydroxylation is 1. The summed E-state index contributed by atoms with van der Waals surface area (Å²) in [5, 5.41) is 3.30. The fourth-order valence-corrected chi connectivity index (χ4v) is 5.04. The molecule has 1 atom stereocenters. The van der Waals surface area contributed by atoms with Gasteiger partial charge in [-0.05, 0) is 38.3 Å². The molecule has 2 heterocycles. The number of nitrogens with one attached hydrogen (secondary N) is 2. The predicted molar refractivity (Wildman–Crippen MR) is 85.2 cm³/mol. The molecule has 2 N–H and O–H groups in total. The van der Waals surface area contributed by atoms with E-state index in [4.69, 9.17) is 4.74 Å². The van der Waals surface area contributed by atoms with Gasteiger partial charge in [0.15, 0.2) is 0 Å². The molecular formula is C14H24N2O3S2. The van der Waals surface area contributed by atoms with Crippen molar-refractivity contribution in [3.8, 4) is 0 Å². The lowest BCUT2D eigenvalue weighted by Gasteiger charge is -2.09. The van der Waals surface area contributed by atoms with Crippen molar-refractivity contribution in [1.82, 2.24) is 10.0 Å². The summed E-state index contributed by atoms with van der Waals surface area (Å²) >= 11 is 1.54. The summed E-state index contributed by atoms with van der Waals surface area (Å²) in [7, 11) is -3.41. The number of rotatable bonds is 8. The Bertz CT molecular complexity index is 549. The highest BCUT2D eigenvalue weighted by atomic mass is 32.2. The Hall–Kier alpha value is -0.470. The summed E-state index contributed by atoms with van der Waals surface area (Å²) in [4.78, 5) is 2.32. The second-order valence-electron chi connectivity index (χ2n) is 5.39. The summed E-state index contributed by atoms with van der Waals surface area (Å²) < 4.78 is 32.8. The maximum Gasteiger partial charge on any atom is 0.241 e. The van der Waals surface area contributed by atoms with Crippen molar-refractivity contribution in [1.29, 1.82) is 0 Å². The van der Waals surface area contributed by atoms with Gasteiger partial charge in [-0.1, -0.05) is 6.92 Å². The molecule has 0 bridgehead atoms. The monoisotopic (exact) mass is 332 g/mol. The van der Waals surface area contributed by atoms with Crippen LogP contribution in [-0.2, 0) is 21.3 Å². The topological polar surface area (TPSA) is 67.4 Å². The van der Waals surface area contributed by atoms with Gasteiger partial charge in [0, 0.05) is 29.5 Å². The van der Waals surface area contributed by atoms with Gasteiger partial charge in [-0.2, -0.15) is 0 Å². The van der Waals surface area contributed by atoms with Crippen LogP contribution in [0, 0.1) is 12.8 Å². The highest BCUT2D eigenvalue weighted by Crippen LogP contribution is 2.26. The first-order valence-electron chi connectivity index (χ1n) is 7.40. The molecule has 5 nitrogen and oxygen atoms in total. The van der Waals surface area contributed by atoms with Crippen LogP contribution in [0.15, 0.2) is 11.0 Å². The van der Waals surface area contributed by atoms with E-state index in [0.717, 1.165) is 42.3 Å². The van der Waals surface area contributed by atoms with Crippen LogP contribution in [0.2, 0.25) is 0 Å². The number of ether oxygens (including phenoxy) is 1. The predicted octanol–water partition coefficient (Wildman–Crippen LogP) is 1.87. The second-order valence-corrected chi connectivity index (χ2v) is 8.47. The van der Waals surface area contributed by atoms with Crippen molar-refractivity contribution in [3.05, 3.63) is 15.8 Å². The number of hydrogen-bond donors (Lipinski definition) is 2. The normalized spacial score (nSPS) is 19.2. The number of thiophene rings is 1. The van der Waals surface area contributed by atoms with Crippen LogP contribution in [0.4, 0.5) is 0 Å². The van der Waals surface area contributed by atoms with Crippen LogP contribution in [-0.4, -0.2) is 34.7 Å². The SMILES string of the molecule is CCCNCc1cc(S(=O)(=O)NCC2CCOC2)c(C)s1. The minimum atomic E-state index is -3.41. The molecule has 120 valence electrons. The Morgan fingerprint density at radius 1 is 1.48 bits per heavy atom. The van der Waals surface area contributed by atoms with Crippen molar-refractivity contribution < 1.29 is 13.2 Å². The minimum Gasteiger partial charge on any atom is -0.381 e. The lowest BCUT2D eigenvalue weighted by molar-refractivity contribution is 0.186. The van der Waals surface area contributed by atoms with Crippen LogP contribution in [0.5, 0.6) is 0 Å². The van der Waals surface area contributed by atoms with Crippen molar-refractivity contribution >= 4 is 21.4 Å². The van der Waals surface area contributed by atoms with E-state index in [1.807, 2.05) is 6.92 Å². The summed E-state index contributed by atoms with van der Waals surface area (Å²) in [5.74, 6) is 0.296. The van der Waals surface area contributed by atoms with Gasteiger partial charge in [0.25, 0.3) is 0 Å². The molecule has 2 rings (SSSR count). The highest BCUT2D eigenvalue weighted by Gasteiger charge is 2.23. The molecule has 0 aromatic carbocycles. The van der Waals surface area contributed by atoms with E-state index in [0.29, 0.717) is 24.0 Å². The molecule has 1 saturated heterocycles. The molecule has 1 aromatic rings. The van der Waals surface area contributed by atoms with Gasteiger partial charge in [-0.3, -0.25) is 0 Å². The van der Waals surface area contributed by atoms with Gasteiger partial charge in [0.05, 0.1) is 11.5 Å². The third-order valence-corrected chi connectivity index (χ3v) is 6.25. The highest BCUT2D eigenvalue weighted by molar-refractivity contribution is 7.89. The van der Waals surface area contributed by atoms with Crippen molar-refractivity contribution in [2.45, 2.75) is 38.1 Å². The van der Waals surface area contributed by atoms with Gasteiger partial charge < -0.3 is 10.1 Å². The summed E-state index contributed by atoms with van der Waals surface area (Å²) in [5.41, 5.74) is 0. The van der Waals surface area contributed by atoms with E-state index in [1.165, 1.54) is 0 Å². The Labute approximate surface area is 131 Å². The molecule has 21 heavy (non-hydrogen) atoms. The van der Waals surface area contributed by atoms with Gasteiger partial charge in [0.1, 0.15) is 0 Å². The van der Waals surface area contributed by atoms with E-state index < -0.39 is 10.0 Å². The van der Waals surface area contributed by atoms with E-state index in [-0.39, 0.29) is 0 Å². The largest absolute Gasteiger partial charge is 0.381 e. The Morgan fingerprint density at radius 3 is 2.95 bits per heavy atom. The zero-order valence-corrected chi connectivity index (χ0v) is 14.3. The molecule has 0 saturated carbocycles. The van der Waals surface area contributed by atoms with Crippen LogP contribution in [0.1, 0.15) is 29.5 Å². The molecule has 1 aliphatic heterocycles. The van der Waals surface area contributed by atoms with E-state index >= 15 is 0 Å². The standard InChI is InChI=1S/C14H24N2O3S2/c1-3-5-15-9-13-7-14(11(2)20-13)21(17,18)16-8-12-4-6-19-10-12/h7,12,15-16H,3-6,8-10H2,1-2H3. The molecule has 0 aliphatic carbocycles. The summed E-state index contributed by atoms with van der Waals surface area (Å²) in [6.07, 6.45) is 2.00. The fraction of sp³-hybridized carbons (Fsp3) is 0.714. The maximum atomic E-state index is 12.4. The lowest BCUT2D eigenvalue weighted by Crippen LogP contribution is -2.29. The molecule has 0 spiro atoms. The number of hydrogen-bond acceptors (Lipinski definition) is 5. The zero-order chi connectivity index (χ0) is 15.3. The maximum absolute atomic E-state index is 12.4. The molecule has 1 aliphatic rings. The van der Waals surface area contributed by atoms with Crippen LogP contribution >= 0.6 is 11.3 Å². The molecule has 1 aromatic heterocycles. The van der Waals surface area contributed by atoms with Crippen molar-refractivity contribution in [2.24, 2.45) is 5.92 Å². The lowest BCUT2D eigenvalue weighted by atomic mass is 10.1. The quantitative estimate of drug-likeness (QED) is 0.713. The first kappa shape index (κ1) is 16.9. The third-order valence-electron chi connectivity index (χ3n) is 3.52. The van der Waals surface area contributed by atoms with Gasteiger partial charge >= 0.3 is 0 Å². The molecule has 0 amide bonds. The van der Waals surface area contributed by atoms with Gasteiger partial charge in [0.2, 0.25) is 10.0 Å². The van der Waals surface area contributed by atoms with Crippen LogP contribution < -0.4 is 10.0 Å². The molecular weight excluding hydrogens is 308 g/mol. The van der Waals surface area contributed by atoms with E-state index in [9.17, 15) is 8.42 Å². The summed E-state index contributed by atoms with van der Waals surface area (Å²) in [6, 6.07) is 1.79. The number of sulfonamides is 1. The minimum absolute atomic E-state index is 0.296. The molecule has 1 fully saturated rings. The van der Waals surface area contributed by atoms with Crippen molar-refractivity contribution in [3.63, 3.8) is 0 Å². The van der Waals surface area contributed by atoms with E-state index in [2.05, 4.69) is 17.0 Å². The third kappa shape index (κ3) is 4.75. The van der Waals surface area contributed by atoms with Gasteiger partial charge in [-0.15, -0.1) is 11.3 Å². The zero-order valence-electron chi connectivity index (χ0n) is 12.6. The molecule has 1 unspecified atom stereocenters. The van der Waals surface area contributed by atoms with Crippen LogP contribution in [0.3, 0.4) is 0 Å². The Morgan fingerprint density at radius 2 is 2.29 bits per heavy atom. The van der Waals surface area contributed by atoms with Crippen LogP contribution in [0.25, 0.3) is 0 Å². The Balaban J connectivity index is 1.97. The average Bonchev–Trinajstić information content (AvgIpc) is 3.07. The van der Waals surface area contributed by atoms with Crippen molar-refractivity contribution in [2.75, 3.05) is 26.3 Å². The molecule has 7 heteroatoms. The first-order chi connectivity index (χ1) is 10.0. The summed E-state index contributed by atoms with van der Waals surface area (Å²) in [6.45, 7) is 7.49. The smallest absolute Gasteiger partial charge is 0.241 e. The van der Waals surface area contributed by atoms with Gasteiger partial charge in [-0.25, -0.2) is 13.1 Å². The Kier molecular flexibility index (Phi) is 6.19. The second kappa shape index (κ2) is 7.69. The first-order valence-corrected chi connectivity index (χ1v) is 9.70.